The monoisotopic (exact) mass is 379 g/mol. The molecule has 6 rings (SSSR count). The minimum atomic E-state index is -0.718. The van der Waals surface area contributed by atoms with E-state index in [0.717, 1.165) is 51.1 Å². The van der Waals surface area contributed by atoms with Crippen LogP contribution in [-0.4, -0.2) is 42.0 Å². The minimum absolute atomic E-state index is 0.00160. The molecule has 1 aromatic rings. The van der Waals surface area contributed by atoms with Gasteiger partial charge >= 0.3 is 6.03 Å². The van der Waals surface area contributed by atoms with Gasteiger partial charge in [0.15, 0.2) is 0 Å². The maximum atomic E-state index is 12.8. The number of rotatable bonds is 2. The Morgan fingerprint density at radius 3 is 2.79 bits per heavy atom. The van der Waals surface area contributed by atoms with Gasteiger partial charge in [-0.25, -0.2) is 4.79 Å². The number of nitrogens with zero attached hydrogens (tertiary/aromatic N) is 1. The first-order valence-corrected chi connectivity index (χ1v) is 10.9. The zero-order valence-electron chi connectivity index (χ0n) is 16.6. The zero-order chi connectivity index (χ0) is 19.1. The normalized spacial score (nSPS) is 39.3. The van der Waals surface area contributed by atoms with Crippen molar-refractivity contribution in [3.63, 3.8) is 0 Å². The van der Waals surface area contributed by atoms with Crippen LogP contribution in [0.2, 0.25) is 0 Å². The number of benzene rings is 1. The second-order valence-corrected chi connectivity index (χ2v) is 10.3. The summed E-state index contributed by atoms with van der Waals surface area (Å²) in [6.45, 7) is 5.66. The molecule has 0 bridgehead atoms. The third-order valence-electron chi connectivity index (χ3n) is 8.57. The molecule has 3 amide bonds. The summed E-state index contributed by atoms with van der Waals surface area (Å²) in [6, 6.07) is 6.62. The van der Waals surface area contributed by atoms with E-state index in [0.29, 0.717) is 0 Å². The fourth-order valence-corrected chi connectivity index (χ4v) is 7.06. The Hall–Kier alpha value is -1.88. The van der Waals surface area contributed by atoms with Crippen molar-refractivity contribution in [3.8, 4) is 0 Å². The number of hydrogen-bond donors (Lipinski definition) is 2. The number of imide groups is 1. The van der Waals surface area contributed by atoms with Crippen LogP contribution in [-0.2, 0) is 16.6 Å². The number of aryl methyl sites for hydroxylation is 1. The topological polar surface area (TPSA) is 61.4 Å². The summed E-state index contributed by atoms with van der Waals surface area (Å²) >= 11 is 0. The predicted octanol–water partition coefficient (Wildman–Crippen LogP) is 2.65. The average molecular weight is 380 g/mol. The molecule has 1 aromatic carbocycles. The summed E-state index contributed by atoms with van der Waals surface area (Å²) < 4.78 is 0. The molecular weight excluding hydrogens is 350 g/mol. The van der Waals surface area contributed by atoms with Crippen molar-refractivity contribution in [1.29, 1.82) is 0 Å². The second kappa shape index (κ2) is 5.38. The van der Waals surface area contributed by atoms with Gasteiger partial charge in [-0.1, -0.05) is 23.8 Å². The minimum Gasteiger partial charge on any atom is -0.323 e. The Kier molecular flexibility index (Phi) is 3.27. The van der Waals surface area contributed by atoms with Crippen LogP contribution in [0, 0.1) is 18.3 Å². The number of fused-ring (bicyclic) bond motifs is 1. The maximum Gasteiger partial charge on any atom is 0.322 e. The van der Waals surface area contributed by atoms with E-state index in [-0.39, 0.29) is 22.8 Å². The van der Waals surface area contributed by atoms with E-state index < -0.39 is 5.54 Å². The molecule has 148 valence electrons. The fraction of sp³-hybridized carbons (Fsp3) is 0.652. The molecule has 2 N–H and O–H groups in total. The highest BCUT2D eigenvalue weighted by molar-refractivity contribution is 6.07. The molecule has 0 unspecified atom stereocenters. The van der Waals surface area contributed by atoms with Crippen LogP contribution < -0.4 is 10.6 Å². The van der Waals surface area contributed by atoms with Crippen LogP contribution in [0.25, 0.3) is 0 Å². The van der Waals surface area contributed by atoms with E-state index in [4.69, 9.17) is 0 Å². The summed E-state index contributed by atoms with van der Waals surface area (Å²) in [5.74, 6) is 0.798. The smallest absolute Gasteiger partial charge is 0.322 e. The molecule has 5 nitrogen and oxygen atoms in total. The van der Waals surface area contributed by atoms with E-state index in [1.807, 2.05) is 0 Å². The summed E-state index contributed by atoms with van der Waals surface area (Å²) in [5, 5.41) is 5.57. The Balaban J connectivity index is 1.44. The Morgan fingerprint density at radius 2 is 2.04 bits per heavy atom. The molecule has 2 saturated heterocycles. The van der Waals surface area contributed by atoms with Crippen molar-refractivity contribution in [2.45, 2.75) is 62.8 Å². The predicted molar refractivity (Wildman–Crippen MR) is 106 cm³/mol. The van der Waals surface area contributed by atoms with Crippen molar-refractivity contribution in [1.82, 2.24) is 15.5 Å². The standard InChI is InChI=1S/C23H29N3O2/c1-15-2-5-17-11-21-6-7-23(19(27)24-20(28)25-23)13-22(21,18(17)10-15)8-9-26(14-21)12-16-3-4-16/h2,5,10,16H,3-4,6-9,11-14H2,1H3,(H2,24,25,27,28)/t21-,22+,23-/m0/s1. The molecule has 4 fully saturated rings. The number of hydrogen-bond acceptors (Lipinski definition) is 3. The van der Waals surface area contributed by atoms with Crippen LogP contribution in [0.1, 0.15) is 55.2 Å². The second-order valence-electron chi connectivity index (χ2n) is 10.3. The lowest BCUT2D eigenvalue weighted by molar-refractivity contribution is -0.130. The molecule has 0 aromatic heterocycles. The van der Waals surface area contributed by atoms with Gasteiger partial charge in [0.25, 0.3) is 5.91 Å². The van der Waals surface area contributed by atoms with E-state index in [2.05, 4.69) is 40.7 Å². The zero-order valence-corrected chi connectivity index (χ0v) is 16.6. The maximum absolute atomic E-state index is 12.8. The third-order valence-corrected chi connectivity index (χ3v) is 8.57. The number of carbonyl (C=O) groups is 2. The van der Waals surface area contributed by atoms with Crippen molar-refractivity contribution in [2.24, 2.45) is 11.3 Å². The first-order valence-electron chi connectivity index (χ1n) is 10.9. The molecular formula is C23H29N3O2. The van der Waals surface area contributed by atoms with Gasteiger partial charge in [0.05, 0.1) is 0 Å². The summed E-state index contributed by atoms with van der Waals surface area (Å²) in [7, 11) is 0. The van der Waals surface area contributed by atoms with Crippen LogP contribution >= 0.6 is 0 Å². The lowest BCUT2D eigenvalue weighted by atomic mass is 9.49. The van der Waals surface area contributed by atoms with Crippen molar-refractivity contribution >= 4 is 11.9 Å². The van der Waals surface area contributed by atoms with Gasteiger partial charge in [-0.15, -0.1) is 0 Å². The van der Waals surface area contributed by atoms with Crippen molar-refractivity contribution < 1.29 is 9.59 Å². The molecule has 2 aliphatic heterocycles. The number of amides is 3. The number of urea groups is 1. The Bertz CT molecular complexity index is 894. The van der Waals surface area contributed by atoms with Crippen LogP contribution in [0.4, 0.5) is 4.79 Å². The van der Waals surface area contributed by atoms with E-state index in [9.17, 15) is 9.59 Å². The van der Waals surface area contributed by atoms with E-state index in [1.165, 1.54) is 36.1 Å². The Morgan fingerprint density at radius 1 is 1.18 bits per heavy atom. The molecule has 3 atom stereocenters. The highest BCUT2D eigenvalue weighted by Crippen LogP contribution is 2.65. The summed E-state index contributed by atoms with van der Waals surface area (Å²) in [6.07, 6.45) is 7.53. The molecule has 0 radical (unpaired) electrons. The van der Waals surface area contributed by atoms with Gasteiger partial charge in [-0.2, -0.15) is 0 Å². The third kappa shape index (κ3) is 2.17. The first kappa shape index (κ1) is 17.0. The highest BCUT2D eigenvalue weighted by Gasteiger charge is 2.67. The largest absolute Gasteiger partial charge is 0.323 e. The molecule has 5 aliphatic rings. The van der Waals surface area contributed by atoms with Crippen molar-refractivity contribution in [2.75, 3.05) is 19.6 Å². The van der Waals surface area contributed by atoms with Gasteiger partial charge in [-0.3, -0.25) is 10.1 Å². The molecule has 5 heteroatoms. The number of carbonyl (C=O) groups excluding carboxylic acids is 2. The van der Waals surface area contributed by atoms with Gasteiger partial charge < -0.3 is 10.2 Å². The molecule has 28 heavy (non-hydrogen) atoms. The van der Waals surface area contributed by atoms with Crippen molar-refractivity contribution in [3.05, 3.63) is 34.9 Å². The summed E-state index contributed by atoms with van der Waals surface area (Å²) in [5.41, 5.74) is 3.72. The number of likely N-dealkylation sites (tertiary alicyclic amines) is 1. The van der Waals surface area contributed by atoms with Crippen LogP contribution in [0.3, 0.4) is 0 Å². The fourth-order valence-electron chi connectivity index (χ4n) is 7.06. The number of nitrogens with one attached hydrogen (secondary N) is 2. The summed E-state index contributed by atoms with van der Waals surface area (Å²) in [4.78, 5) is 27.5. The van der Waals surface area contributed by atoms with Crippen LogP contribution in [0.15, 0.2) is 18.2 Å². The SMILES string of the molecule is Cc1ccc2c(c1)[C@]13CCN(CC4CC4)C[C@]1(CC[C@@]1(C3)NC(=O)NC1=O)C2. The quantitative estimate of drug-likeness (QED) is 0.777. The number of piperidine rings is 1. The lowest BCUT2D eigenvalue weighted by Gasteiger charge is -2.59. The average Bonchev–Trinajstić information content (AvgIpc) is 3.36. The van der Waals surface area contributed by atoms with E-state index >= 15 is 0 Å². The van der Waals surface area contributed by atoms with Crippen LogP contribution in [0.5, 0.6) is 0 Å². The Labute approximate surface area is 166 Å². The lowest BCUT2D eigenvalue weighted by Crippen LogP contribution is -2.65. The van der Waals surface area contributed by atoms with Gasteiger partial charge in [0.1, 0.15) is 5.54 Å². The first-order chi connectivity index (χ1) is 13.4. The molecule has 2 heterocycles. The van der Waals surface area contributed by atoms with Gasteiger partial charge in [0.2, 0.25) is 0 Å². The van der Waals surface area contributed by atoms with E-state index in [1.54, 1.807) is 0 Å². The molecule has 1 spiro atoms. The highest BCUT2D eigenvalue weighted by atomic mass is 16.2. The van der Waals surface area contributed by atoms with Gasteiger partial charge in [-0.05, 0) is 80.9 Å². The molecule has 2 saturated carbocycles. The molecule has 3 aliphatic carbocycles. The van der Waals surface area contributed by atoms with Gasteiger partial charge in [0, 0.05) is 18.5 Å².